The second-order valence-corrected chi connectivity index (χ2v) is 8.02. The Balaban J connectivity index is 1.34. The minimum Gasteiger partial charge on any atom is -0.403 e. The number of anilines is 1. The van der Waals surface area contributed by atoms with Crippen LogP contribution in [0.1, 0.15) is 38.2 Å². The Bertz CT molecular complexity index is 770. The van der Waals surface area contributed by atoms with E-state index in [0.29, 0.717) is 17.8 Å². The summed E-state index contributed by atoms with van der Waals surface area (Å²) in [7, 11) is 0. The molecule has 0 bridgehead atoms. The maximum absolute atomic E-state index is 12.8. The van der Waals surface area contributed by atoms with Crippen molar-refractivity contribution in [3.8, 4) is 11.5 Å². The number of likely N-dealkylation sites (tertiary alicyclic amines) is 1. The molecule has 27 heavy (non-hydrogen) atoms. The summed E-state index contributed by atoms with van der Waals surface area (Å²) in [4.78, 5) is 17.0. The lowest BCUT2D eigenvalue weighted by molar-refractivity contribution is -0.137. The molecule has 0 aliphatic carbocycles. The summed E-state index contributed by atoms with van der Waals surface area (Å²) in [6, 6.07) is 8.63. The largest absolute Gasteiger partial charge is 0.403 e. The molecule has 1 amide bonds. The van der Waals surface area contributed by atoms with E-state index in [1.807, 2.05) is 24.3 Å². The van der Waals surface area contributed by atoms with E-state index in [1.54, 1.807) is 0 Å². The fourth-order valence-electron chi connectivity index (χ4n) is 3.96. The van der Waals surface area contributed by atoms with Crippen molar-refractivity contribution in [2.24, 2.45) is 11.8 Å². The minimum absolute atomic E-state index is 0.133. The van der Waals surface area contributed by atoms with E-state index in [-0.39, 0.29) is 5.92 Å². The van der Waals surface area contributed by atoms with Crippen LogP contribution in [0.3, 0.4) is 0 Å². The molecule has 0 radical (unpaired) electrons. The number of benzene rings is 1. The number of hydrogen-bond donors (Lipinski definition) is 0. The van der Waals surface area contributed by atoms with Gasteiger partial charge >= 0.3 is 6.01 Å². The molecule has 3 heterocycles. The summed E-state index contributed by atoms with van der Waals surface area (Å²) in [5, 5.41) is 8.41. The van der Waals surface area contributed by atoms with Crippen molar-refractivity contribution in [2.75, 3.05) is 31.1 Å². The number of nitrogens with zero attached hydrogens (tertiary/aromatic N) is 4. The van der Waals surface area contributed by atoms with Crippen molar-refractivity contribution in [2.45, 2.75) is 39.5 Å². The molecule has 2 aliphatic rings. The number of piperidine rings is 2. The van der Waals surface area contributed by atoms with Crippen LogP contribution < -0.4 is 4.90 Å². The molecule has 0 saturated carbocycles. The first-order valence-corrected chi connectivity index (χ1v) is 10.0. The standard InChI is InChI=1S/C21H28N4O2/c1-15-3-5-17(6-4-15)19-22-23-21(27-19)25-13-9-18(10-14-25)20(26)24-11-7-16(2)8-12-24/h3-6,16,18H,7-14H2,1-2H3. The molecule has 0 N–H and O–H groups in total. The fraction of sp³-hybridized carbons (Fsp3) is 0.571. The zero-order valence-electron chi connectivity index (χ0n) is 16.2. The monoisotopic (exact) mass is 368 g/mol. The molecule has 1 aromatic carbocycles. The number of carbonyl (C=O) groups is 1. The van der Waals surface area contributed by atoms with Gasteiger partial charge in [-0.15, -0.1) is 5.10 Å². The fourth-order valence-corrected chi connectivity index (χ4v) is 3.96. The Hall–Kier alpha value is -2.37. The Morgan fingerprint density at radius 3 is 2.33 bits per heavy atom. The topological polar surface area (TPSA) is 62.5 Å². The molecule has 2 saturated heterocycles. The molecule has 6 heteroatoms. The first-order valence-electron chi connectivity index (χ1n) is 10.0. The summed E-state index contributed by atoms with van der Waals surface area (Å²) in [6.45, 7) is 7.74. The van der Waals surface area contributed by atoms with Gasteiger partial charge in [0, 0.05) is 37.7 Å². The van der Waals surface area contributed by atoms with Crippen LogP contribution in [0.4, 0.5) is 6.01 Å². The van der Waals surface area contributed by atoms with Crippen LogP contribution in [-0.2, 0) is 4.79 Å². The second kappa shape index (κ2) is 7.71. The number of aryl methyl sites for hydroxylation is 1. The van der Waals surface area contributed by atoms with Crippen LogP contribution >= 0.6 is 0 Å². The van der Waals surface area contributed by atoms with Crippen molar-refractivity contribution in [3.63, 3.8) is 0 Å². The molecule has 1 aromatic heterocycles. The van der Waals surface area contributed by atoms with E-state index >= 15 is 0 Å². The van der Waals surface area contributed by atoms with Crippen LogP contribution in [0.25, 0.3) is 11.5 Å². The second-order valence-electron chi connectivity index (χ2n) is 8.02. The quantitative estimate of drug-likeness (QED) is 0.829. The molecule has 2 aromatic rings. The maximum atomic E-state index is 12.8. The van der Waals surface area contributed by atoms with E-state index in [9.17, 15) is 4.79 Å². The third-order valence-corrected chi connectivity index (χ3v) is 5.92. The van der Waals surface area contributed by atoms with E-state index in [0.717, 1.165) is 63.3 Å². The SMILES string of the molecule is Cc1ccc(-c2nnc(N3CCC(C(=O)N4CCC(C)CC4)CC3)o2)cc1. The summed E-state index contributed by atoms with van der Waals surface area (Å²) in [5.41, 5.74) is 2.14. The van der Waals surface area contributed by atoms with E-state index in [1.165, 1.54) is 5.56 Å². The van der Waals surface area contributed by atoms with Gasteiger partial charge in [0.25, 0.3) is 0 Å². The average molecular weight is 368 g/mol. The summed E-state index contributed by atoms with van der Waals surface area (Å²) in [5.74, 6) is 1.77. The predicted octanol–water partition coefficient (Wildman–Crippen LogP) is 3.52. The van der Waals surface area contributed by atoms with Crippen LogP contribution in [-0.4, -0.2) is 47.2 Å². The van der Waals surface area contributed by atoms with Gasteiger partial charge in [-0.3, -0.25) is 4.79 Å². The first-order chi connectivity index (χ1) is 13.1. The van der Waals surface area contributed by atoms with Gasteiger partial charge in [0.05, 0.1) is 0 Å². The highest BCUT2D eigenvalue weighted by Gasteiger charge is 2.31. The van der Waals surface area contributed by atoms with Crippen LogP contribution in [0.15, 0.2) is 28.7 Å². The third kappa shape index (κ3) is 3.99. The van der Waals surface area contributed by atoms with Gasteiger partial charge in [0.1, 0.15) is 0 Å². The lowest BCUT2D eigenvalue weighted by Crippen LogP contribution is -2.45. The van der Waals surface area contributed by atoms with Crippen LogP contribution in [0.2, 0.25) is 0 Å². The van der Waals surface area contributed by atoms with Crippen LogP contribution in [0, 0.1) is 18.8 Å². The zero-order valence-corrected chi connectivity index (χ0v) is 16.2. The van der Waals surface area contributed by atoms with Gasteiger partial charge in [-0.25, -0.2) is 0 Å². The predicted molar refractivity (Wildman–Crippen MR) is 104 cm³/mol. The molecule has 0 atom stereocenters. The van der Waals surface area contributed by atoms with Crippen molar-refractivity contribution in [1.82, 2.24) is 15.1 Å². The van der Waals surface area contributed by atoms with E-state index in [2.05, 4.69) is 33.8 Å². The Labute approximate surface area is 160 Å². The summed E-state index contributed by atoms with van der Waals surface area (Å²) in [6.07, 6.45) is 3.98. The van der Waals surface area contributed by atoms with Crippen molar-refractivity contribution in [1.29, 1.82) is 0 Å². The van der Waals surface area contributed by atoms with Gasteiger partial charge < -0.3 is 14.2 Å². The normalized spacial score (nSPS) is 19.5. The highest BCUT2D eigenvalue weighted by atomic mass is 16.4. The number of rotatable bonds is 3. The minimum atomic E-state index is 0.133. The number of aromatic nitrogens is 2. The van der Waals surface area contributed by atoms with Crippen molar-refractivity contribution in [3.05, 3.63) is 29.8 Å². The van der Waals surface area contributed by atoms with Gasteiger partial charge in [0.2, 0.25) is 11.8 Å². The molecule has 0 unspecified atom stereocenters. The number of hydrogen-bond acceptors (Lipinski definition) is 5. The molecule has 6 nitrogen and oxygen atoms in total. The first kappa shape index (κ1) is 18.0. The Kier molecular flexibility index (Phi) is 5.14. The lowest BCUT2D eigenvalue weighted by Gasteiger charge is -2.36. The number of amides is 1. The molecule has 2 aliphatic heterocycles. The van der Waals surface area contributed by atoms with Gasteiger partial charge in [-0.2, -0.15) is 0 Å². The summed E-state index contributed by atoms with van der Waals surface area (Å²) < 4.78 is 5.88. The smallest absolute Gasteiger partial charge is 0.318 e. The molecule has 2 fully saturated rings. The zero-order chi connectivity index (χ0) is 18.8. The molecule has 144 valence electrons. The molecule has 4 rings (SSSR count). The van der Waals surface area contributed by atoms with Crippen LogP contribution in [0.5, 0.6) is 0 Å². The Morgan fingerprint density at radius 2 is 1.67 bits per heavy atom. The summed E-state index contributed by atoms with van der Waals surface area (Å²) >= 11 is 0. The molecule has 0 spiro atoms. The highest BCUT2D eigenvalue weighted by Crippen LogP contribution is 2.28. The van der Waals surface area contributed by atoms with Gasteiger partial charge in [0.15, 0.2) is 0 Å². The van der Waals surface area contributed by atoms with Gasteiger partial charge in [-0.1, -0.05) is 29.7 Å². The average Bonchev–Trinajstić information content (AvgIpc) is 3.19. The molecular weight excluding hydrogens is 340 g/mol. The van der Waals surface area contributed by atoms with E-state index in [4.69, 9.17) is 4.42 Å². The number of carbonyl (C=O) groups excluding carboxylic acids is 1. The van der Waals surface area contributed by atoms with Crippen molar-refractivity contribution >= 4 is 11.9 Å². The molecular formula is C21H28N4O2. The van der Waals surface area contributed by atoms with Gasteiger partial charge in [-0.05, 0) is 50.7 Å². The maximum Gasteiger partial charge on any atom is 0.318 e. The van der Waals surface area contributed by atoms with Crippen molar-refractivity contribution < 1.29 is 9.21 Å². The lowest BCUT2D eigenvalue weighted by atomic mass is 9.93. The Morgan fingerprint density at radius 1 is 1.00 bits per heavy atom. The van der Waals surface area contributed by atoms with E-state index < -0.39 is 0 Å². The highest BCUT2D eigenvalue weighted by molar-refractivity contribution is 5.79. The third-order valence-electron chi connectivity index (χ3n) is 5.92.